The summed E-state index contributed by atoms with van der Waals surface area (Å²) < 4.78 is 10.1. The lowest BCUT2D eigenvalue weighted by Crippen LogP contribution is -2.49. The van der Waals surface area contributed by atoms with Gasteiger partial charge in [0.2, 0.25) is 5.91 Å². The molecule has 0 aliphatic carbocycles. The van der Waals surface area contributed by atoms with Crippen LogP contribution in [-0.4, -0.2) is 79.6 Å². The highest BCUT2D eigenvalue weighted by Gasteiger charge is 2.21. The van der Waals surface area contributed by atoms with Crippen molar-refractivity contribution in [1.29, 1.82) is 0 Å². The van der Waals surface area contributed by atoms with Gasteiger partial charge in [-0.15, -0.1) is 11.3 Å². The second-order valence-corrected chi connectivity index (χ2v) is 7.53. The number of piperazine rings is 1. The smallest absolute Gasteiger partial charge is 0.320 e. The Labute approximate surface area is 174 Å². The number of rotatable bonds is 8. The zero-order valence-corrected chi connectivity index (χ0v) is 17.5. The van der Waals surface area contributed by atoms with Gasteiger partial charge >= 0.3 is 5.97 Å². The first-order valence-electron chi connectivity index (χ1n) is 9.57. The monoisotopic (exact) mass is 418 g/mol. The summed E-state index contributed by atoms with van der Waals surface area (Å²) in [4.78, 5) is 32.5. The number of methoxy groups -OCH3 is 1. The fourth-order valence-electron chi connectivity index (χ4n) is 3.08. The minimum atomic E-state index is -0.199. The largest absolute Gasteiger partial charge is 0.497 e. The molecule has 29 heavy (non-hydrogen) atoms. The first kappa shape index (κ1) is 21.2. The van der Waals surface area contributed by atoms with Crippen molar-refractivity contribution >= 4 is 28.3 Å². The van der Waals surface area contributed by atoms with Crippen LogP contribution in [-0.2, 0) is 14.3 Å². The molecule has 1 aromatic carbocycles. The van der Waals surface area contributed by atoms with Crippen molar-refractivity contribution in [2.75, 3.05) is 58.3 Å². The van der Waals surface area contributed by atoms with Crippen LogP contribution >= 0.6 is 11.3 Å². The maximum atomic E-state index is 12.4. The lowest BCUT2D eigenvalue weighted by Gasteiger charge is -2.33. The van der Waals surface area contributed by atoms with Gasteiger partial charge in [0.05, 0.1) is 32.5 Å². The maximum absolute atomic E-state index is 12.4. The van der Waals surface area contributed by atoms with Crippen LogP contribution in [0.25, 0.3) is 11.3 Å². The molecule has 2 heterocycles. The third kappa shape index (κ3) is 6.25. The number of benzene rings is 1. The summed E-state index contributed by atoms with van der Waals surface area (Å²) in [5, 5.41) is 5.38. The number of esters is 1. The molecule has 1 N–H and O–H groups in total. The van der Waals surface area contributed by atoms with Gasteiger partial charge in [-0.25, -0.2) is 4.98 Å². The molecule has 1 saturated heterocycles. The molecule has 8 nitrogen and oxygen atoms in total. The standard InChI is InChI=1S/C20H26N4O4S/c1-3-28-19(26)13-24-10-8-23(9-11-24)12-18(25)22-20-21-17(14-29-20)15-4-6-16(27-2)7-5-15/h4-7,14H,3,8-13H2,1-2H3,(H,21,22,25). The van der Waals surface area contributed by atoms with Crippen LogP contribution < -0.4 is 10.1 Å². The minimum Gasteiger partial charge on any atom is -0.497 e. The van der Waals surface area contributed by atoms with E-state index in [0.29, 0.717) is 24.8 Å². The van der Waals surface area contributed by atoms with E-state index in [0.717, 1.165) is 43.2 Å². The zero-order chi connectivity index (χ0) is 20.6. The minimum absolute atomic E-state index is 0.0838. The zero-order valence-electron chi connectivity index (χ0n) is 16.7. The van der Waals surface area contributed by atoms with Gasteiger partial charge in [0.25, 0.3) is 0 Å². The molecule has 0 unspecified atom stereocenters. The SMILES string of the molecule is CCOC(=O)CN1CCN(CC(=O)Nc2nc(-c3ccc(OC)cc3)cs2)CC1. The number of nitrogens with zero attached hydrogens (tertiary/aromatic N) is 3. The van der Waals surface area contributed by atoms with E-state index in [4.69, 9.17) is 9.47 Å². The van der Waals surface area contributed by atoms with Crippen LogP contribution in [0.4, 0.5) is 5.13 Å². The topological polar surface area (TPSA) is 84.0 Å². The van der Waals surface area contributed by atoms with Crippen LogP contribution in [0, 0.1) is 0 Å². The van der Waals surface area contributed by atoms with E-state index in [1.807, 2.05) is 34.5 Å². The third-order valence-electron chi connectivity index (χ3n) is 4.63. The lowest BCUT2D eigenvalue weighted by molar-refractivity contribution is -0.145. The molecule has 1 aliphatic heterocycles. The first-order chi connectivity index (χ1) is 14.1. The highest BCUT2D eigenvalue weighted by atomic mass is 32.1. The molecule has 1 aliphatic rings. The molecule has 156 valence electrons. The van der Waals surface area contributed by atoms with E-state index in [2.05, 4.69) is 15.2 Å². The fraction of sp³-hybridized carbons (Fsp3) is 0.450. The Bertz CT molecular complexity index is 816. The van der Waals surface area contributed by atoms with Gasteiger partial charge in [0, 0.05) is 37.1 Å². The number of hydrogen-bond acceptors (Lipinski definition) is 8. The van der Waals surface area contributed by atoms with Crippen LogP contribution in [0.1, 0.15) is 6.92 Å². The quantitative estimate of drug-likeness (QED) is 0.656. The summed E-state index contributed by atoms with van der Waals surface area (Å²) in [5.74, 6) is 0.509. The van der Waals surface area contributed by atoms with Crippen molar-refractivity contribution in [3.8, 4) is 17.0 Å². The number of thiazole rings is 1. The van der Waals surface area contributed by atoms with E-state index >= 15 is 0 Å². The second kappa shape index (κ2) is 10.3. The number of nitrogens with one attached hydrogen (secondary N) is 1. The van der Waals surface area contributed by atoms with E-state index in [9.17, 15) is 9.59 Å². The predicted octanol–water partition coefficient (Wildman–Crippen LogP) is 1.94. The van der Waals surface area contributed by atoms with Crippen molar-refractivity contribution in [2.45, 2.75) is 6.92 Å². The van der Waals surface area contributed by atoms with Crippen LogP contribution in [0.5, 0.6) is 5.75 Å². The molecule has 0 bridgehead atoms. The molecular formula is C20H26N4O4S. The van der Waals surface area contributed by atoms with Crippen molar-refractivity contribution in [1.82, 2.24) is 14.8 Å². The number of hydrogen-bond donors (Lipinski definition) is 1. The van der Waals surface area contributed by atoms with Gasteiger partial charge in [0.1, 0.15) is 5.75 Å². The summed E-state index contributed by atoms with van der Waals surface area (Å²) in [6.45, 7) is 5.78. The van der Waals surface area contributed by atoms with Gasteiger partial charge in [-0.2, -0.15) is 0 Å². The molecule has 2 aromatic rings. The summed E-state index contributed by atoms with van der Waals surface area (Å²) in [6, 6.07) is 7.65. The summed E-state index contributed by atoms with van der Waals surface area (Å²) in [6.07, 6.45) is 0. The Kier molecular flexibility index (Phi) is 7.56. The number of anilines is 1. The van der Waals surface area contributed by atoms with Gasteiger partial charge in [-0.05, 0) is 31.2 Å². The molecule has 0 spiro atoms. The highest BCUT2D eigenvalue weighted by Crippen LogP contribution is 2.26. The normalized spacial score (nSPS) is 15.1. The Morgan fingerprint density at radius 1 is 1.10 bits per heavy atom. The Morgan fingerprint density at radius 2 is 1.76 bits per heavy atom. The highest BCUT2D eigenvalue weighted by molar-refractivity contribution is 7.14. The number of carbonyl (C=O) groups is 2. The molecular weight excluding hydrogens is 392 g/mol. The summed E-state index contributed by atoms with van der Waals surface area (Å²) >= 11 is 1.40. The van der Waals surface area contributed by atoms with Crippen LogP contribution in [0.15, 0.2) is 29.6 Å². The summed E-state index contributed by atoms with van der Waals surface area (Å²) in [7, 11) is 1.63. The number of carbonyl (C=O) groups excluding carboxylic acids is 2. The maximum Gasteiger partial charge on any atom is 0.320 e. The van der Waals surface area contributed by atoms with Gasteiger partial charge < -0.3 is 14.8 Å². The fourth-order valence-corrected chi connectivity index (χ4v) is 3.82. The Hall–Kier alpha value is -2.49. The summed E-state index contributed by atoms with van der Waals surface area (Å²) in [5.41, 5.74) is 1.79. The Balaban J connectivity index is 1.44. The number of amides is 1. The van der Waals surface area contributed by atoms with E-state index in [1.54, 1.807) is 14.0 Å². The van der Waals surface area contributed by atoms with Crippen LogP contribution in [0.3, 0.4) is 0 Å². The van der Waals surface area contributed by atoms with Crippen LogP contribution in [0.2, 0.25) is 0 Å². The number of ether oxygens (including phenoxy) is 2. The molecule has 1 amide bonds. The van der Waals surface area contributed by atoms with Crippen molar-refractivity contribution in [2.24, 2.45) is 0 Å². The predicted molar refractivity (Wildman–Crippen MR) is 112 cm³/mol. The van der Waals surface area contributed by atoms with E-state index in [1.165, 1.54) is 11.3 Å². The third-order valence-corrected chi connectivity index (χ3v) is 5.38. The van der Waals surface area contributed by atoms with Crippen molar-refractivity contribution in [3.63, 3.8) is 0 Å². The average Bonchev–Trinajstić information content (AvgIpc) is 3.18. The van der Waals surface area contributed by atoms with E-state index < -0.39 is 0 Å². The van der Waals surface area contributed by atoms with Gasteiger partial charge in [-0.1, -0.05) is 0 Å². The van der Waals surface area contributed by atoms with Gasteiger partial charge in [0.15, 0.2) is 5.13 Å². The molecule has 0 saturated carbocycles. The van der Waals surface area contributed by atoms with Gasteiger partial charge in [-0.3, -0.25) is 19.4 Å². The molecule has 0 radical (unpaired) electrons. The number of aromatic nitrogens is 1. The molecule has 1 fully saturated rings. The van der Waals surface area contributed by atoms with Crippen molar-refractivity contribution < 1.29 is 19.1 Å². The molecule has 9 heteroatoms. The van der Waals surface area contributed by atoms with E-state index in [-0.39, 0.29) is 11.9 Å². The molecule has 0 atom stereocenters. The average molecular weight is 419 g/mol. The molecule has 1 aromatic heterocycles. The first-order valence-corrected chi connectivity index (χ1v) is 10.5. The van der Waals surface area contributed by atoms with Crippen molar-refractivity contribution in [3.05, 3.63) is 29.6 Å². The molecule has 3 rings (SSSR count). The second-order valence-electron chi connectivity index (χ2n) is 6.67. The Morgan fingerprint density at radius 3 is 2.38 bits per heavy atom. The lowest BCUT2D eigenvalue weighted by atomic mass is 10.2.